The summed E-state index contributed by atoms with van der Waals surface area (Å²) in [4.78, 5) is 85.2. The summed E-state index contributed by atoms with van der Waals surface area (Å²) < 4.78 is 17.0. The van der Waals surface area contributed by atoms with Crippen molar-refractivity contribution in [1.82, 2.24) is 35.1 Å². The topological polar surface area (TPSA) is 191 Å². The normalized spacial score (nSPS) is 14.0. The van der Waals surface area contributed by atoms with Crippen LogP contribution in [0, 0.1) is 0 Å². The average Bonchev–Trinajstić information content (AvgIpc) is 3.23. The number of nitrogens with zero attached hydrogens (tertiary/aromatic N) is 5. The van der Waals surface area contributed by atoms with E-state index in [4.69, 9.17) is 14.2 Å². The minimum absolute atomic E-state index is 0.0203. The number of carbonyl (C=O) groups excluding carboxylic acids is 5. The van der Waals surface area contributed by atoms with Crippen molar-refractivity contribution in [2.45, 2.75) is 19.8 Å². The number of amides is 5. The Kier molecular flexibility index (Phi) is 18.8. The monoisotopic (exact) mass is 803 g/mol. The molecule has 0 bridgehead atoms. The van der Waals surface area contributed by atoms with E-state index in [0.29, 0.717) is 6.54 Å². The van der Waals surface area contributed by atoms with Crippen molar-refractivity contribution in [3.8, 4) is 0 Å². The molecule has 312 valence electrons. The van der Waals surface area contributed by atoms with Crippen LogP contribution >= 0.6 is 0 Å². The van der Waals surface area contributed by atoms with Crippen molar-refractivity contribution in [2.75, 3.05) is 92.1 Å². The number of benzene rings is 3. The van der Waals surface area contributed by atoms with Crippen molar-refractivity contribution in [3.63, 3.8) is 0 Å². The van der Waals surface area contributed by atoms with Crippen LogP contribution in [-0.2, 0) is 48.4 Å². The van der Waals surface area contributed by atoms with Crippen molar-refractivity contribution >= 4 is 36.1 Å². The molecule has 5 amide bonds. The fourth-order valence-corrected chi connectivity index (χ4v) is 5.84. The van der Waals surface area contributed by atoms with Gasteiger partial charge in [-0.1, -0.05) is 91.0 Å². The molecule has 1 heterocycles. The molecule has 4 rings (SSSR count). The summed E-state index contributed by atoms with van der Waals surface area (Å²) in [5.41, 5.74) is 2.37. The number of rotatable bonds is 15. The first-order chi connectivity index (χ1) is 28.1. The Balaban J connectivity index is 1.51. The second-order valence-electron chi connectivity index (χ2n) is 13.4. The molecular weight excluding hydrogens is 750 g/mol. The van der Waals surface area contributed by atoms with Crippen LogP contribution in [-0.4, -0.2) is 158 Å². The Hall–Kier alpha value is -6.20. The van der Waals surface area contributed by atoms with Crippen molar-refractivity contribution in [2.24, 2.45) is 0 Å². The summed E-state index contributed by atoms with van der Waals surface area (Å²) in [6.45, 7) is 0.0858. The molecule has 3 N–H and O–H groups in total. The molecule has 0 spiro atoms. The Morgan fingerprint density at radius 1 is 0.603 bits per heavy atom. The maximum absolute atomic E-state index is 13.5. The van der Waals surface area contributed by atoms with Crippen LogP contribution in [0.4, 0.5) is 14.4 Å². The number of carboxylic acids is 1. The standard InChI is InChI=1S/C41H53N7O10/c1-42-17-18-48(29-38(51)52)37(50)27-43-36(49)28-44-19-21-45(39(53)56-30-33-11-5-2-6-12-33)23-25-47(41(55)58-32-35-15-9-4-10-16-35)26-24-46(22-20-44)40(54)57-31-34-13-7-3-8-14-34/h2-16,42H,17-32H2,1H3,(H,43,49)(H,51,52). The minimum Gasteiger partial charge on any atom is -0.480 e. The largest absolute Gasteiger partial charge is 0.480 e. The van der Waals surface area contributed by atoms with Gasteiger partial charge < -0.3 is 49.6 Å². The van der Waals surface area contributed by atoms with Gasteiger partial charge in [-0.15, -0.1) is 0 Å². The fourth-order valence-electron chi connectivity index (χ4n) is 5.84. The van der Waals surface area contributed by atoms with Gasteiger partial charge in [0.2, 0.25) is 11.8 Å². The third kappa shape index (κ3) is 16.1. The van der Waals surface area contributed by atoms with E-state index in [1.54, 1.807) is 11.9 Å². The van der Waals surface area contributed by atoms with Crippen LogP contribution < -0.4 is 10.6 Å². The smallest absolute Gasteiger partial charge is 0.410 e. The van der Waals surface area contributed by atoms with Gasteiger partial charge in [0, 0.05) is 65.4 Å². The molecule has 17 nitrogen and oxygen atoms in total. The minimum atomic E-state index is -1.18. The van der Waals surface area contributed by atoms with Gasteiger partial charge in [-0.25, -0.2) is 14.4 Å². The van der Waals surface area contributed by atoms with Gasteiger partial charge in [-0.3, -0.25) is 19.3 Å². The first-order valence-corrected chi connectivity index (χ1v) is 19.1. The molecular formula is C41H53N7O10. The summed E-state index contributed by atoms with van der Waals surface area (Å²) in [5.74, 6) is -2.26. The van der Waals surface area contributed by atoms with Crippen LogP contribution in [0.5, 0.6) is 0 Å². The van der Waals surface area contributed by atoms with Crippen molar-refractivity contribution in [3.05, 3.63) is 108 Å². The van der Waals surface area contributed by atoms with Crippen molar-refractivity contribution in [1.29, 1.82) is 0 Å². The Labute approximate surface area is 338 Å². The summed E-state index contributed by atoms with van der Waals surface area (Å²) in [6, 6.07) is 27.6. The Morgan fingerprint density at radius 3 is 1.34 bits per heavy atom. The molecule has 17 heteroatoms. The number of hydrogen-bond acceptors (Lipinski definition) is 11. The molecule has 0 atom stereocenters. The number of likely N-dealkylation sites (N-methyl/N-ethyl adjacent to an activating group) is 1. The highest BCUT2D eigenvalue weighted by molar-refractivity contribution is 5.87. The highest BCUT2D eigenvalue weighted by Crippen LogP contribution is 2.10. The third-order valence-corrected chi connectivity index (χ3v) is 9.16. The zero-order valence-corrected chi connectivity index (χ0v) is 32.8. The first-order valence-electron chi connectivity index (χ1n) is 19.1. The van der Waals surface area contributed by atoms with Crippen LogP contribution in [0.15, 0.2) is 91.0 Å². The van der Waals surface area contributed by atoms with Crippen LogP contribution in [0.2, 0.25) is 0 Å². The molecule has 1 saturated heterocycles. The number of carbonyl (C=O) groups is 6. The van der Waals surface area contributed by atoms with E-state index in [1.807, 2.05) is 91.0 Å². The van der Waals surface area contributed by atoms with Crippen molar-refractivity contribution < 1.29 is 48.1 Å². The number of hydrogen-bond donors (Lipinski definition) is 3. The van der Waals surface area contributed by atoms with Crippen LogP contribution in [0.25, 0.3) is 0 Å². The van der Waals surface area contributed by atoms with E-state index in [2.05, 4.69) is 10.6 Å². The zero-order valence-electron chi connectivity index (χ0n) is 32.8. The van der Waals surface area contributed by atoms with E-state index in [1.165, 1.54) is 14.7 Å². The second-order valence-corrected chi connectivity index (χ2v) is 13.4. The Bertz CT molecular complexity index is 1680. The van der Waals surface area contributed by atoms with Gasteiger partial charge in [0.15, 0.2) is 0 Å². The highest BCUT2D eigenvalue weighted by Gasteiger charge is 2.26. The summed E-state index contributed by atoms with van der Waals surface area (Å²) in [7, 11) is 1.67. The summed E-state index contributed by atoms with van der Waals surface area (Å²) >= 11 is 0. The molecule has 1 fully saturated rings. The van der Waals surface area contributed by atoms with E-state index in [-0.39, 0.29) is 85.3 Å². The third-order valence-electron chi connectivity index (χ3n) is 9.16. The molecule has 1 aliphatic heterocycles. The molecule has 0 aliphatic carbocycles. The van der Waals surface area contributed by atoms with Gasteiger partial charge in [0.25, 0.3) is 0 Å². The number of aliphatic carboxylic acids is 1. The predicted octanol–water partition coefficient (Wildman–Crippen LogP) is 2.47. The molecule has 0 radical (unpaired) electrons. The quantitative estimate of drug-likeness (QED) is 0.191. The second kappa shape index (κ2) is 24.4. The van der Waals surface area contributed by atoms with Gasteiger partial charge >= 0.3 is 24.2 Å². The lowest BCUT2D eigenvalue weighted by Gasteiger charge is -2.33. The SMILES string of the molecule is CNCCN(CC(=O)O)C(=O)CNC(=O)CN1CCN(C(=O)OCc2ccccc2)CCN(C(=O)OCc2ccccc2)CCN(C(=O)OCc2ccccc2)CC1. The van der Waals surface area contributed by atoms with Gasteiger partial charge in [0.05, 0.1) is 13.1 Å². The zero-order chi connectivity index (χ0) is 41.5. The molecule has 58 heavy (non-hydrogen) atoms. The summed E-state index contributed by atoms with van der Waals surface area (Å²) in [6.07, 6.45) is -1.88. The number of nitrogens with one attached hydrogen (secondary N) is 2. The predicted molar refractivity (Wildman–Crippen MR) is 212 cm³/mol. The molecule has 3 aromatic rings. The van der Waals surface area contributed by atoms with E-state index < -0.39 is 49.2 Å². The molecule has 3 aromatic carbocycles. The number of carboxylic acid groups (broad SMARTS) is 1. The lowest BCUT2D eigenvalue weighted by atomic mass is 10.2. The van der Waals surface area contributed by atoms with Gasteiger partial charge in [-0.05, 0) is 23.7 Å². The van der Waals surface area contributed by atoms with E-state index >= 15 is 0 Å². The lowest BCUT2D eigenvalue weighted by Crippen LogP contribution is -2.51. The van der Waals surface area contributed by atoms with Gasteiger partial charge in [-0.2, -0.15) is 0 Å². The lowest BCUT2D eigenvalue weighted by molar-refractivity contribution is -0.144. The molecule has 0 aromatic heterocycles. The van der Waals surface area contributed by atoms with E-state index in [0.717, 1.165) is 21.6 Å². The Morgan fingerprint density at radius 2 is 0.983 bits per heavy atom. The summed E-state index contributed by atoms with van der Waals surface area (Å²) in [5, 5.41) is 14.7. The molecule has 0 saturated carbocycles. The molecule has 1 aliphatic rings. The van der Waals surface area contributed by atoms with E-state index in [9.17, 15) is 33.9 Å². The first kappa shape index (κ1) is 44.5. The van der Waals surface area contributed by atoms with Gasteiger partial charge in [0.1, 0.15) is 26.4 Å². The maximum Gasteiger partial charge on any atom is 0.410 e. The maximum atomic E-state index is 13.5. The van der Waals surface area contributed by atoms with Crippen LogP contribution in [0.1, 0.15) is 16.7 Å². The fraction of sp³-hybridized carbons (Fsp3) is 0.415. The molecule has 0 unspecified atom stereocenters. The van der Waals surface area contributed by atoms with Crippen LogP contribution in [0.3, 0.4) is 0 Å². The highest BCUT2D eigenvalue weighted by atomic mass is 16.6. The average molecular weight is 804 g/mol. The number of ether oxygens (including phenoxy) is 3.